The average molecular weight is 328 g/mol. The number of rotatable bonds is 9. The summed E-state index contributed by atoms with van der Waals surface area (Å²) in [6.45, 7) is 4.25. The number of carbonyl (C=O) groups is 1. The summed E-state index contributed by atoms with van der Waals surface area (Å²) in [5.41, 5.74) is 6.67. The predicted octanol–water partition coefficient (Wildman–Crippen LogP) is 1.33. The van der Waals surface area contributed by atoms with Crippen LogP contribution < -0.4 is 10.5 Å². The van der Waals surface area contributed by atoms with Crippen molar-refractivity contribution < 1.29 is 17.9 Å². The lowest BCUT2D eigenvalue weighted by Gasteiger charge is -2.10. The van der Waals surface area contributed by atoms with Crippen LogP contribution in [0.25, 0.3) is 0 Å². The summed E-state index contributed by atoms with van der Waals surface area (Å²) in [5.74, 6) is -0.414. The smallest absolute Gasteiger partial charge is 0.322 e. The summed E-state index contributed by atoms with van der Waals surface area (Å²) in [6.07, 6.45) is 1.74. The van der Waals surface area contributed by atoms with Crippen molar-refractivity contribution in [2.24, 2.45) is 5.73 Å². The molecule has 3 N–H and O–H groups in total. The molecule has 6 nitrogen and oxygen atoms in total. The lowest BCUT2D eigenvalue weighted by Crippen LogP contribution is -2.32. The Labute approximate surface area is 132 Å². The molecule has 0 aliphatic heterocycles. The van der Waals surface area contributed by atoms with Crippen molar-refractivity contribution in [2.45, 2.75) is 44.0 Å². The molecule has 0 radical (unpaired) electrons. The second-order valence-corrected chi connectivity index (χ2v) is 6.83. The number of hydrogen-bond acceptors (Lipinski definition) is 5. The van der Waals surface area contributed by atoms with Gasteiger partial charge in [0.05, 0.1) is 11.5 Å². The summed E-state index contributed by atoms with van der Waals surface area (Å²) in [4.78, 5) is 11.6. The number of sulfonamides is 1. The van der Waals surface area contributed by atoms with E-state index in [2.05, 4.69) is 4.72 Å². The monoisotopic (exact) mass is 328 g/mol. The lowest BCUT2D eigenvalue weighted by atomic mass is 10.1. The summed E-state index contributed by atoms with van der Waals surface area (Å²) < 4.78 is 31.4. The largest absolute Gasteiger partial charge is 0.465 e. The minimum Gasteiger partial charge on any atom is -0.465 e. The molecule has 7 heteroatoms. The summed E-state index contributed by atoms with van der Waals surface area (Å²) in [5, 5.41) is 0. The Morgan fingerprint density at radius 1 is 1.27 bits per heavy atom. The van der Waals surface area contributed by atoms with E-state index in [-0.39, 0.29) is 4.90 Å². The Morgan fingerprint density at radius 2 is 1.91 bits per heavy atom. The van der Waals surface area contributed by atoms with Gasteiger partial charge in [0.25, 0.3) is 0 Å². The van der Waals surface area contributed by atoms with E-state index in [0.29, 0.717) is 32.4 Å². The van der Waals surface area contributed by atoms with E-state index in [0.717, 1.165) is 5.56 Å². The second-order valence-electron chi connectivity index (χ2n) is 5.07. The quantitative estimate of drug-likeness (QED) is 0.526. The van der Waals surface area contributed by atoms with Crippen LogP contribution in [0.5, 0.6) is 0 Å². The van der Waals surface area contributed by atoms with Gasteiger partial charge in [-0.25, -0.2) is 13.1 Å². The van der Waals surface area contributed by atoms with E-state index in [1.54, 1.807) is 31.2 Å². The zero-order valence-electron chi connectivity index (χ0n) is 13.0. The van der Waals surface area contributed by atoms with Crippen LogP contribution in [0.1, 0.15) is 31.7 Å². The van der Waals surface area contributed by atoms with E-state index < -0.39 is 22.0 Å². The van der Waals surface area contributed by atoms with Crippen molar-refractivity contribution in [3.05, 3.63) is 29.8 Å². The van der Waals surface area contributed by atoms with Gasteiger partial charge < -0.3 is 10.5 Å². The summed E-state index contributed by atoms with van der Waals surface area (Å²) in [7, 11) is -3.48. The highest BCUT2D eigenvalue weighted by molar-refractivity contribution is 7.89. The Morgan fingerprint density at radius 3 is 2.50 bits per heavy atom. The number of hydrogen-bond donors (Lipinski definition) is 2. The number of benzene rings is 1. The molecular formula is C15H24N2O4S. The number of unbranched alkanes of at least 4 members (excludes halogenated alkanes) is 1. The third kappa shape index (κ3) is 6.13. The van der Waals surface area contributed by atoms with E-state index in [9.17, 15) is 13.2 Å². The Bertz CT molecular complexity index is 570. The number of ether oxygens (including phenoxy) is 1. The van der Waals surface area contributed by atoms with E-state index >= 15 is 0 Å². The molecule has 0 bridgehead atoms. The van der Waals surface area contributed by atoms with Gasteiger partial charge in [-0.15, -0.1) is 0 Å². The molecule has 0 aliphatic rings. The SMILES string of the molecule is CCOC(=O)C(N)CCCCNS(=O)(=O)c1ccc(C)cc1. The molecule has 0 aromatic heterocycles. The molecule has 0 amide bonds. The molecule has 0 aliphatic carbocycles. The molecule has 0 saturated heterocycles. The lowest BCUT2D eigenvalue weighted by molar-refractivity contribution is -0.144. The van der Waals surface area contributed by atoms with Gasteiger partial charge >= 0.3 is 5.97 Å². The number of esters is 1. The average Bonchev–Trinajstić information content (AvgIpc) is 2.47. The fraction of sp³-hybridized carbons (Fsp3) is 0.533. The zero-order chi connectivity index (χ0) is 16.6. The van der Waals surface area contributed by atoms with Gasteiger partial charge in [-0.1, -0.05) is 24.1 Å². The standard InChI is InChI=1S/C15H24N2O4S/c1-3-21-15(18)14(16)6-4-5-11-17-22(19,20)13-9-7-12(2)8-10-13/h7-10,14,17H,3-6,11,16H2,1-2H3. The van der Waals surface area contributed by atoms with Crippen LogP contribution in [0.3, 0.4) is 0 Å². The molecule has 124 valence electrons. The molecule has 1 aromatic carbocycles. The van der Waals surface area contributed by atoms with Crippen molar-refractivity contribution >= 4 is 16.0 Å². The first-order valence-corrected chi connectivity index (χ1v) is 8.83. The third-order valence-corrected chi connectivity index (χ3v) is 4.63. The van der Waals surface area contributed by atoms with Gasteiger partial charge in [0.15, 0.2) is 0 Å². The van der Waals surface area contributed by atoms with Crippen molar-refractivity contribution in [3.8, 4) is 0 Å². The van der Waals surface area contributed by atoms with Crippen LogP contribution in [0, 0.1) is 6.92 Å². The van der Waals surface area contributed by atoms with Crippen LogP contribution >= 0.6 is 0 Å². The van der Waals surface area contributed by atoms with Gasteiger partial charge in [-0.2, -0.15) is 0 Å². The first-order valence-electron chi connectivity index (χ1n) is 7.35. The molecule has 22 heavy (non-hydrogen) atoms. The highest BCUT2D eigenvalue weighted by atomic mass is 32.2. The molecule has 1 atom stereocenters. The van der Waals surface area contributed by atoms with Crippen molar-refractivity contribution in [2.75, 3.05) is 13.2 Å². The molecule has 0 spiro atoms. The first kappa shape index (κ1) is 18.6. The second kappa shape index (κ2) is 8.87. The van der Waals surface area contributed by atoms with Gasteiger partial charge in [0, 0.05) is 6.54 Å². The van der Waals surface area contributed by atoms with Crippen LogP contribution in [-0.2, 0) is 19.6 Å². The van der Waals surface area contributed by atoms with E-state index in [1.165, 1.54) is 0 Å². The Balaban J connectivity index is 2.32. The number of nitrogens with two attached hydrogens (primary N) is 1. The van der Waals surface area contributed by atoms with Crippen LogP contribution in [0.2, 0.25) is 0 Å². The molecule has 0 heterocycles. The minimum absolute atomic E-state index is 0.251. The molecule has 1 rings (SSSR count). The van der Waals surface area contributed by atoms with Gasteiger partial charge in [-0.3, -0.25) is 4.79 Å². The van der Waals surface area contributed by atoms with Crippen molar-refractivity contribution in [3.63, 3.8) is 0 Å². The van der Waals surface area contributed by atoms with Gasteiger partial charge in [0.1, 0.15) is 6.04 Å². The predicted molar refractivity (Wildman–Crippen MR) is 84.8 cm³/mol. The first-order chi connectivity index (χ1) is 10.4. The molecule has 0 fully saturated rings. The van der Waals surface area contributed by atoms with E-state index in [1.807, 2.05) is 6.92 Å². The van der Waals surface area contributed by atoms with Gasteiger partial charge in [0.2, 0.25) is 10.0 Å². The minimum atomic E-state index is -3.48. The summed E-state index contributed by atoms with van der Waals surface area (Å²) in [6, 6.07) is 6.02. The fourth-order valence-corrected chi connectivity index (χ4v) is 2.94. The van der Waals surface area contributed by atoms with Crippen LogP contribution in [0.15, 0.2) is 29.2 Å². The molecular weight excluding hydrogens is 304 g/mol. The maximum absolute atomic E-state index is 12.0. The Hall–Kier alpha value is -1.44. The highest BCUT2D eigenvalue weighted by Gasteiger charge is 2.15. The molecule has 1 unspecified atom stereocenters. The van der Waals surface area contributed by atoms with Crippen molar-refractivity contribution in [1.29, 1.82) is 0 Å². The fourth-order valence-electron chi connectivity index (χ4n) is 1.86. The van der Waals surface area contributed by atoms with E-state index in [4.69, 9.17) is 10.5 Å². The highest BCUT2D eigenvalue weighted by Crippen LogP contribution is 2.10. The Kier molecular flexibility index (Phi) is 7.50. The zero-order valence-corrected chi connectivity index (χ0v) is 13.9. The topological polar surface area (TPSA) is 98.5 Å². The maximum Gasteiger partial charge on any atom is 0.322 e. The maximum atomic E-state index is 12.0. The molecule has 1 aromatic rings. The summed E-state index contributed by atoms with van der Waals surface area (Å²) >= 11 is 0. The van der Waals surface area contributed by atoms with Crippen molar-refractivity contribution in [1.82, 2.24) is 4.72 Å². The third-order valence-electron chi connectivity index (χ3n) is 3.15. The molecule has 0 saturated carbocycles. The van der Waals surface area contributed by atoms with Crippen LogP contribution in [-0.4, -0.2) is 33.6 Å². The number of aryl methyl sites for hydroxylation is 1. The van der Waals surface area contributed by atoms with Gasteiger partial charge in [-0.05, 0) is 38.8 Å². The number of nitrogens with one attached hydrogen (secondary N) is 1. The number of carbonyl (C=O) groups excluding carboxylic acids is 1. The van der Waals surface area contributed by atoms with Crippen LogP contribution in [0.4, 0.5) is 0 Å². The normalized spacial score (nSPS) is 12.9.